The third-order valence-corrected chi connectivity index (χ3v) is 4.88. The normalized spacial score (nSPS) is 22.7. The van der Waals surface area contributed by atoms with Crippen LogP contribution >= 0.6 is 11.8 Å². The summed E-state index contributed by atoms with van der Waals surface area (Å²) in [7, 11) is 0. The summed E-state index contributed by atoms with van der Waals surface area (Å²) in [6.07, 6.45) is 6.47. The summed E-state index contributed by atoms with van der Waals surface area (Å²) >= 11 is 1.57. The number of H-pyrrole nitrogens is 1. The number of nitrogens with two attached hydrogens (primary N) is 1. The van der Waals surface area contributed by atoms with Crippen molar-refractivity contribution < 1.29 is 9.47 Å². The van der Waals surface area contributed by atoms with Crippen LogP contribution in [0.3, 0.4) is 0 Å². The fourth-order valence-corrected chi connectivity index (χ4v) is 3.59. The molecule has 0 saturated carbocycles. The van der Waals surface area contributed by atoms with Crippen LogP contribution in [0.2, 0.25) is 0 Å². The minimum Gasteiger partial charge on any atom is -0.454 e. The van der Waals surface area contributed by atoms with E-state index in [1.54, 1.807) is 18.0 Å². The number of nitrogens with zero attached hydrogens (tertiary/aromatic N) is 2. The smallest absolute Gasteiger partial charge is 0.231 e. The Hall–Kier alpha value is -2.41. The maximum atomic E-state index is 5.99. The van der Waals surface area contributed by atoms with Crippen LogP contribution in [0.4, 0.5) is 0 Å². The predicted molar refractivity (Wildman–Crippen MR) is 88.8 cm³/mol. The maximum absolute atomic E-state index is 5.99. The molecule has 1 fully saturated rings. The zero-order valence-corrected chi connectivity index (χ0v) is 13.4. The van der Waals surface area contributed by atoms with Crippen molar-refractivity contribution in [3.05, 3.63) is 59.0 Å². The molecule has 1 aromatic heterocycles. The van der Waals surface area contributed by atoms with E-state index in [0.29, 0.717) is 5.84 Å². The van der Waals surface area contributed by atoms with E-state index in [0.717, 1.165) is 45.6 Å². The average molecular weight is 328 g/mol. The van der Waals surface area contributed by atoms with Crippen molar-refractivity contribution in [2.45, 2.75) is 23.8 Å². The first-order valence-electron chi connectivity index (χ1n) is 7.23. The van der Waals surface area contributed by atoms with Gasteiger partial charge >= 0.3 is 0 Å². The van der Waals surface area contributed by atoms with Crippen LogP contribution in [-0.4, -0.2) is 27.8 Å². The lowest BCUT2D eigenvalue weighted by atomic mass is 10.1. The number of hydrogen-bond donors (Lipinski definition) is 2. The molecule has 0 radical (unpaired) electrons. The third-order valence-electron chi connectivity index (χ3n) is 3.77. The number of fused-ring (bicyclic) bond motifs is 2. The molecule has 1 saturated heterocycles. The monoisotopic (exact) mass is 328 g/mol. The summed E-state index contributed by atoms with van der Waals surface area (Å²) in [6, 6.07) is 0. The van der Waals surface area contributed by atoms with E-state index in [1.807, 2.05) is 19.1 Å². The lowest BCUT2D eigenvalue weighted by Crippen LogP contribution is -2.14. The highest BCUT2D eigenvalue weighted by atomic mass is 32.2. The summed E-state index contributed by atoms with van der Waals surface area (Å²) < 4.78 is 10.8. The van der Waals surface area contributed by atoms with E-state index in [2.05, 4.69) is 21.5 Å². The molecule has 3 heterocycles. The number of hydrogen-bond acceptors (Lipinski definition) is 6. The minimum absolute atomic E-state index is 0.0417. The SMILES string of the molecule is C=C1C=C2OCOC2=CC1Sc1nc2c([nH]1)CC(C)=CN=C2N. The molecule has 0 bridgehead atoms. The van der Waals surface area contributed by atoms with E-state index < -0.39 is 0 Å². The van der Waals surface area contributed by atoms with Crippen molar-refractivity contribution in [2.24, 2.45) is 10.7 Å². The molecule has 4 rings (SSSR count). The van der Waals surface area contributed by atoms with Crippen molar-refractivity contribution in [2.75, 3.05) is 6.79 Å². The number of rotatable bonds is 2. The molecule has 0 spiro atoms. The average Bonchev–Trinajstić information content (AvgIpc) is 3.09. The first-order valence-corrected chi connectivity index (χ1v) is 8.11. The summed E-state index contributed by atoms with van der Waals surface area (Å²) in [5, 5.41) is 0.835. The van der Waals surface area contributed by atoms with Crippen molar-refractivity contribution in [3.8, 4) is 0 Å². The first kappa shape index (κ1) is 14.2. The van der Waals surface area contributed by atoms with Gasteiger partial charge in [-0.1, -0.05) is 18.3 Å². The second-order valence-corrected chi connectivity index (χ2v) is 6.73. The molecule has 118 valence electrons. The molecular formula is C16H16N4O2S. The van der Waals surface area contributed by atoms with Gasteiger partial charge in [-0.3, -0.25) is 0 Å². The van der Waals surface area contributed by atoms with Gasteiger partial charge in [0.05, 0.1) is 10.9 Å². The van der Waals surface area contributed by atoms with Gasteiger partial charge < -0.3 is 20.2 Å². The molecule has 3 N–H and O–H groups in total. The Bertz CT molecular complexity index is 816. The molecule has 3 aliphatic rings. The number of allylic oxidation sites excluding steroid dienone is 2. The molecule has 0 amide bonds. The van der Waals surface area contributed by atoms with Crippen LogP contribution in [0.5, 0.6) is 0 Å². The van der Waals surface area contributed by atoms with E-state index in [9.17, 15) is 0 Å². The molecular weight excluding hydrogens is 312 g/mol. The number of thioether (sulfide) groups is 1. The Morgan fingerprint density at radius 2 is 2.22 bits per heavy atom. The summed E-state index contributed by atoms with van der Waals surface area (Å²) in [5.74, 6) is 1.96. The molecule has 1 aromatic rings. The number of aliphatic imine (C=N–C) groups is 1. The van der Waals surface area contributed by atoms with Crippen LogP contribution < -0.4 is 5.73 Å². The van der Waals surface area contributed by atoms with Crippen LogP contribution in [-0.2, 0) is 15.9 Å². The number of aromatic nitrogens is 2. The molecule has 2 aliphatic heterocycles. The Morgan fingerprint density at radius 3 is 3.09 bits per heavy atom. The highest BCUT2D eigenvalue weighted by Gasteiger charge is 2.27. The second-order valence-electron chi connectivity index (χ2n) is 5.60. The van der Waals surface area contributed by atoms with Crippen LogP contribution in [0.1, 0.15) is 18.3 Å². The lowest BCUT2D eigenvalue weighted by Gasteiger charge is -2.16. The minimum atomic E-state index is 0.0417. The first-order chi connectivity index (χ1) is 11.1. The Kier molecular flexibility index (Phi) is 3.30. The number of nitrogens with one attached hydrogen (secondary N) is 1. The highest BCUT2D eigenvalue weighted by molar-refractivity contribution is 8.00. The Balaban J connectivity index is 1.59. The van der Waals surface area contributed by atoms with Gasteiger partial charge in [0, 0.05) is 12.6 Å². The molecule has 23 heavy (non-hydrogen) atoms. The van der Waals surface area contributed by atoms with E-state index in [4.69, 9.17) is 15.2 Å². The van der Waals surface area contributed by atoms with Gasteiger partial charge in [0.1, 0.15) is 5.69 Å². The van der Waals surface area contributed by atoms with Gasteiger partial charge in [0.15, 0.2) is 22.5 Å². The highest BCUT2D eigenvalue weighted by Crippen LogP contribution is 2.36. The van der Waals surface area contributed by atoms with E-state index in [1.165, 1.54) is 0 Å². The molecule has 1 atom stereocenters. The molecule has 7 heteroatoms. The van der Waals surface area contributed by atoms with Gasteiger partial charge in [-0.15, -0.1) is 0 Å². The molecule has 1 aliphatic carbocycles. The molecule has 6 nitrogen and oxygen atoms in total. The summed E-state index contributed by atoms with van der Waals surface area (Å²) in [5.41, 5.74) is 9.80. The number of imidazole rings is 1. The topological polar surface area (TPSA) is 85.5 Å². The van der Waals surface area contributed by atoms with Gasteiger partial charge in [0.25, 0.3) is 0 Å². The predicted octanol–water partition coefficient (Wildman–Crippen LogP) is 2.38. The summed E-state index contributed by atoms with van der Waals surface area (Å²) in [6.45, 7) is 6.38. The molecule has 0 aromatic carbocycles. The Morgan fingerprint density at radius 1 is 1.39 bits per heavy atom. The largest absolute Gasteiger partial charge is 0.454 e. The molecule has 1 unspecified atom stereocenters. The van der Waals surface area contributed by atoms with Gasteiger partial charge in [0.2, 0.25) is 6.79 Å². The summed E-state index contributed by atoms with van der Waals surface area (Å²) in [4.78, 5) is 12.2. The van der Waals surface area contributed by atoms with Crippen LogP contribution in [0, 0.1) is 0 Å². The van der Waals surface area contributed by atoms with Gasteiger partial charge in [-0.2, -0.15) is 0 Å². The number of amidine groups is 1. The fourth-order valence-electron chi connectivity index (χ4n) is 2.61. The van der Waals surface area contributed by atoms with E-state index in [-0.39, 0.29) is 12.0 Å². The van der Waals surface area contributed by atoms with Crippen LogP contribution in [0.15, 0.2) is 57.7 Å². The maximum Gasteiger partial charge on any atom is 0.231 e. The fraction of sp³-hybridized carbons (Fsp3) is 0.250. The van der Waals surface area contributed by atoms with Crippen LogP contribution in [0.25, 0.3) is 0 Å². The number of aromatic amines is 1. The standard InChI is InChI=1S/C16H16N4O2S/c1-8-3-10-14(15(17)18-6-8)20-16(19-10)23-13-5-12-11(4-9(13)2)21-7-22-12/h4-6,13H,2-3,7H2,1H3,(H2,17,18)(H,19,20). The third kappa shape index (κ3) is 2.57. The second kappa shape index (κ2) is 5.34. The van der Waals surface area contributed by atoms with Crippen molar-refractivity contribution in [3.63, 3.8) is 0 Å². The quantitative estimate of drug-likeness (QED) is 0.870. The van der Waals surface area contributed by atoms with Crippen molar-refractivity contribution in [1.29, 1.82) is 0 Å². The van der Waals surface area contributed by atoms with E-state index >= 15 is 0 Å². The van der Waals surface area contributed by atoms with Crippen molar-refractivity contribution >= 4 is 17.6 Å². The van der Waals surface area contributed by atoms with Gasteiger partial charge in [-0.25, -0.2) is 9.98 Å². The van der Waals surface area contributed by atoms with Crippen molar-refractivity contribution in [1.82, 2.24) is 9.97 Å². The lowest BCUT2D eigenvalue weighted by molar-refractivity contribution is 0.0978. The zero-order valence-electron chi connectivity index (χ0n) is 12.6. The van der Waals surface area contributed by atoms with Gasteiger partial charge in [-0.05, 0) is 30.2 Å². The number of ether oxygens (including phenoxy) is 2. The zero-order chi connectivity index (χ0) is 16.0. The Labute approximate surface area is 137 Å².